The molecule has 0 radical (unpaired) electrons. The van der Waals surface area contributed by atoms with Crippen molar-refractivity contribution in [1.82, 2.24) is 5.32 Å². The van der Waals surface area contributed by atoms with Crippen LogP contribution in [0.15, 0.2) is 12.2 Å². The number of nitrogens with one attached hydrogen (secondary N) is 1. The SMILES string of the molecule is CNC(C)CC/C=C/C=O. The Morgan fingerprint density at radius 3 is 2.80 bits per heavy atom. The van der Waals surface area contributed by atoms with E-state index in [1.165, 1.54) is 0 Å². The average Bonchev–Trinajstić information content (AvgIpc) is 1.98. The lowest BCUT2D eigenvalue weighted by atomic mass is 10.2. The van der Waals surface area contributed by atoms with Gasteiger partial charge in [-0.2, -0.15) is 0 Å². The van der Waals surface area contributed by atoms with Crippen LogP contribution in [0.3, 0.4) is 0 Å². The molecule has 0 heterocycles. The molecule has 1 unspecified atom stereocenters. The first-order valence-electron chi connectivity index (χ1n) is 3.58. The maximum Gasteiger partial charge on any atom is 0.142 e. The van der Waals surface area contributed by atoms with E-state index in [1.807, 2.05) is 13.1 Å². The number of carbonyl (C=O) groups is 1. The molecule has 0 fully saturated rings. The smallest absolute Gasteiger partial charge is 0.142 e. The highest BCUT2D eigenvalue weighted by Crippen LogP contribution is 1.95. The van der Waals surface area contributed by atoms with Gasteiger partial charge in [-0.3, -0.25) is 4.79 Å². The molecule has 2 heteroatoms. The van der Waals surface area contributed by atoms with Gasteiger partial charge in [0.1, 0.15) is 6.29 Å². The molecular weight excluding hydrogens is 126 g/mol. The summed E-state index contributed by atoms with van der Waals surface area (Å²) in [6.07, 6.45) is 6.30. The van der Waals surface area contributed by atoms with Crippen molar-refractivity contribution in [1.29, 1.82) is 0 Å². The van der Waals surface area contributed by atoms with E-state index in [0.29, 0.717) is 6.04 Å². The van der Waals surface area contributed by atoms with E-state index in [9.17, 15) is 4.79 Å². The second-order valence-electron chi connectivity index (χ2n) is 2.33. The Balaban J connectivity index is 3.18. The van der Waals surface area contributed by atoms with E-state index in [0.717, 1.165) is 19.1 Å². The summed E-state index contributed by atoms with van der Waals surface area (Å²) >= 11 is 0. The van der Waals surface area contributed by atoms with Crippen molar-refractivity contribution in [3.63, 3.8) is 0 Å². The first kappa shape index (κ1) is 9.37. The van der Waals surface area contributed by atoms with Crippen LogP contribution in [0.5, 0.6) is 0 Å². The average molecular weight is 141 g/mol. The van der Waals surface area contributed by atoms with E-state index < -0.39 is 0 Å². The molecule has 0 aromatic carbocycles. The van der Waals surface area contributed by atoms with Crippen molar-refractivity contribution in [3.05, 3.63) is 12.2 Å². The molecule has 10 heavy (non-hydrogen) atoms. The van der Waals surface area contributed by atoms with Crippen LogP contribution in [0.4, 0.5) is 0 Å². The number of allylic oxidation sites excluding steroid dienone is 2. The Bertz CT molecular complexity index is 110. The Hall–Kier alpha value is -0.630. The van der Waals surface area contributed by atoms with Crippen LogP contribution in [0.25, 0.3) is 0 Å². The Labute approximate surface area is 62.3 Å². The number of hydrogen-bond donors (Lipinski definition) is 1. The van der Waals surface area contributed by atoms with Crippen molar-refractivity contribution in [2.75, 3.05) is 7.05 Å². The molecular formula is C8H15NO. The largest absolute Gasteiger partial charge is 0.317 e. The molecule has 0 bridgehead atoms. The first-order chi connectivity index (χ1) is 4.81. The van der Waals surface area contributed by atoms with Crippen LogP contribution in [0, 0.1) is 0 Å². The fraction of sp³-hybridized carbons (Fsp3) is 0.625. The Morgan fingerprint density at radius 2 is 2.30 bits per heavy atom. The topological polar surface area (TPSA) is 29.1 Å². The molecule has 0 spiro atoms. The van der Waals surface area contributed by atoms with Crippen LogP contribution < -0.4 is 5.32 Å². The maximum atomic E-state index is 9.82. The van der Waals surface area contributed by atoms with Crippen molar-refractivity contribution >= 4 is 6.29 Å². The van der Waals surface area contributed by atoms with Gasteiger partial charge < -0.3 is 5.32 Å². The van der Waals surface area contributed by atoms with Crippen LogP contribution in [-0.4, -0.2) is 19.4 Å². The van der Waals surface area contributed by atoms with Gasteiger partial charge in [-0.1, -0.05) is 6.08 Å². The molecule has 2 nitrogen and oxygen atoms in total. The van der Waals surface area contributed by atoms with Gasteiger partial charge in [-0.15, -0.1) is 0 Å². The monoisotopic (exact) mass is 141 g/mol. The van der Waals surface area contributed by atoms with E-state index in [4.69, 9.17) is 0 Å². The number of carbonyl (C=O) groups excluding carboxylic acids is 1. The van der Waals surface area contributed by atoms with Crippen LogP contribution in [0.1, 0.15) is 19.8 Å². The Kier molecular flexibility index (Phi) is 6.08. The third kappa shape index (κ3) is 5.51. The van der Waals surface area contributed by atoms with Gasteiger partial charge in [0.25, 0.3) is 0 Å². The molecule has 0 saturated carbocycles. The standard InChI is InChI=1S/C8H15NO/c1-8(9-2)6-4-3-5-7-10/h3,5,7-9H,4,6H2,1-2H3/b5-3+. The van der Waals surface area contributed by atoms with Gasteiger partial charge in [0.05, 0.1) is 0 Å². The fourth-order valence-corrected chi connectivity index (χ4v) is 0.642. The highest BCUT2D eigenvalue weighted by Gasteiger charge is 1.92. The summed E-state index contributed by atoms with van der Waals surface area (Å²) in [6.45, 7) is 2.12. The minimum atomic E-state index is 0.538. The third-order valence-electron chi connectivity index (χ3n) is 1.47. The van der Waals surface area contributed by atoms with E-state index in [2.05, 4.69) is 12.2 Å². The second kappa shape index (κ2) is 6.49. The summed E-state index contributed by atoms with van der Waals surface area (Å²) in [5.41, 5.74) is 0. The molecule has 0 aromatic rings. The zero-order chi connectivity index (χ0) is 7.82. The minimum Gasteiger partial charge on any atom is -0.317 e. The quantitative estimate of drug-likeness (QED) is 0.459. The predicted molar refractivity (Wildman–Crippen MR) is 43.0 cm³/mol. The molecule has 58 valence electrons. The number of aldehydes is 1. The predicted octanol–water partition coefficient (Wildman–Crippen LogP) is 1.13. The lowest BCUT2D eigenvalue weighted by Gasteiger charge is -2.06. The van der Waals surface area contributed by atoms with Gasteiger partial charge in [0.2, 0.25) is 0 Å². The molecule has 0 aromatic heterocycles. The Morgan fingerprint density at radius 1 is 1.60 bits per heavy atom. The fourth-order valence-electron chi connectivity index (χ4n) is 0.642. The van der Waals surface area contributed by atoms with E-state index in [1.54, 1.807) is 6.08 Å². The van der Waals surface area contributed by atoms with Gasteiger partial charge in [-0.25, -0.2) is 0 Å². The lowest BCUT2D eigenvalue weighted by Crippen LogP contribution is -2.20. The molecule has 1 N–H and O–H groups in total. The maximum absolute atomic E-state index is 9.82. The molecule has 0 aliphatic carbocycles. The summed E-state index contributed by atoms with van der Waals surface area (Å²) in [5.74, 6) is 0. The zero-order valence-corrected chi connectivity index (χ0v) is 6.63. The summed E-state index contributed by atoms with van der Waals surface area (Å²) in [4.78, 5) is 9.82. The summed E-state index contributed by atoms with van der Waals surface area (Å²) in [6, 6.07) is 0.538. The van der Waals surface area contributed by atoms with Gasteiger partial charge >= 0.3 is 0 Å². The molecule has 0 aliphatic heterocycles. The summed E-state index contributed by atoms with van der Waals surface area (Å²) in [7, 11) is 1.94. The highest BCUT2D eigenvalue weighted by atomic mass is 16.1. The first-order valence-corrected chi connectivity index (χ1v) is 3.58. The van der Waals surface area contributed by atoms with Crippen LogP contribution in [0.2, 0.25) is 0 Å². The lowest BCUT2D eigenvalue weighted by molar-refractivity contribution is -0.104. The normalized spacial score (nSPS) is 13.8. The van der Waals surface area contributed by atoms with E-state index >= 15 is 0 Å². The molecule has 0 saturated heterocycles. The third-order valence-corrected chi connectivity index (χ3v) is 1.47. The summed E-state index contributed by atoms with van der Waals surface area (Å²) in [5, 5.41) is 3.12. The highest BCUT2D eigenvalue weighted by molar-refractivity contribution is 5.64. The number of hydrogen-bond acceptors (Lipinski definition) is 2. The van der Waals surface area contributed by atoms with Crippen molar-refractivity contribution in [2.45, 2.75) is 25.8 Å². The van der Waals surface area contributed by atoms with Gasteiger partial charge in [-0.05, 0) is 32.9 Å². The van der Waals surface area contributed by atoms with Gasteiger partial charge in [0, 0.05) is 6.04 Å². The van der Waals surface area contributed by atoms with E-state index in [-0.39, 0.29) is 0 Å². The number of rotatable bonds is 5. The van der Waals surface area contributed by atoms with Crippen molar-refractivity contribution < 1.29 is 4.79 Å². The van der Waals surface area contributed by atoms with Gasteiger partial charge in [0.15, 0.2) is 0 Å². The molecule has 0 amide bonds. The van der Waals surface area contributed by atoms with Crippen molar-refractivity contribution in [2.24, 2.45) is 0 Å². The minimum absolute atomic E-state index is 0.538. The molecule has 1 atom stereocenters. The zero-order valence-electron chi connectivity index (χ0n) is 6.63. The summed E-state index contributed by atoms with van der Waals surface area (Å²) < 4.78 is 0. The molecule has 0 rings (SSSR count). The van der Waals surface area contributed by atoms with Crippen LogP contribution >= 0.6 is 0 Å². The van der Waals surface area contributed by atoms with Crippen molar-refractivity contribution in [3.8, 4) is 0 Å². The second-order valence-corrected chi connectivity index (χ2v) is 2.33. The molecule has 0 aliphatic rings. The van der Waals surface area contributed by atoms with Crippen LogP contribution in [-0.2, 0) is 4.79 Å².